The predicted octanol–water partition coefficient (Wildman–Crippen LogP) is 3.91. The van der Waals surface area contributed by atoms with Gasteiger partial charge < -0.3 is 9.84 Å². The lowest BCUT2D eigenvalue weighted by molar-refractivity contribution is -0.168. The molecule has 6 rings (SSSR count). The summed E-state index contributed by atoms with van der Waals surface area (Å²) in [5.41, 5.74) is 1.49. The molecular formula is C23H28O3. The third-order valence-corrected chi connectivity index (χ3v) is 8.40. The molecule has 0 radical (unpaired) electrons. The van der Waals surface area contributed by atoms with E-state index in [9.17, 15) is 9.90 Å². The Morgan fingerprint density at radius 3 is 2.85 bits per heavy atom. The predicted molar refractivity (Wildman–Crippen MR) is 99.3 cm³/mol. The van der Waals surface area contributed by atoms with Crippen molar-refractivity contribution in [3.63, 3.8) is 0 Å². The monoisotopic (exact) mass is 352 g/mol. The Kier molecular flexibility index (Phi) is 3.40. The van der Waals surface area contributed by atoms with E-state index in [2.05, 4.69) is 25.6 Å². The van der Waals surface area contributed by atoms with E-state index in [0.717, 1.165) is 37.9 Å². The zero-order chi connectivity index (χ0) is 18.2. The summed E-state index contributed by atoms with van der Waals surface area (Å²) in [6.07, 6.45) is 3.95. The molecule has 6 atom stereocenters. The Hall–Kier alpha value is -1.45. The Balaban J connectivity index is 1.31. The number of ketones is 1. The zero-order valence-electron chi connectivity index (χ0n) is 15.5. The number of aliphatic hydroxyl groups excluding tert-OH is 1. The normalized spacial score (nSPS) is 46.0. The van der Waals surface area contributed by atoms with Crippen molar-refractivity contribution in [3.05, 3.63) is 48.0 Å². The average Bonchev–Trinajstić information content (AvgIpc) is 3.30. The molecule has 0 saturated heterocycles. The summed E-state index contributed by atoms with van der Waals surface area (Å²) in [4.78, 5) is 12.8. The molecule has 0 aromatic heterocycles. The fraction of sp³-hybridized carbons (Fsp3) is 0.609. The maximum atomic E-state index is 12.8. The number of aliphatic hydroxyl groups is 1. The Morgan fingerprint density at radius 2 is 2.08 bits per heavy atom. The third-order valence-electron chi connectivity index (χ3n) is 8.40. The lowest BCUT2D eigenvalue weighted by atomic mass is 9.34. The highest BCUT2D eigenvalue weighted by atomic mass is 16.5. The van der Waals surface area contributed by atoms with Crippen LogP contribution in [0.4, 0.5) is 0 Å². The van der Waals surface area contributed by atoms with Crippen LogP contribution in [0.2, 0.25) is 0 Å². The molecule has 5 aliphatic rings. The fourth-order valence-electron chi connectivity index (χ4n) is 7.29. The molecule has 2 bridgehead atoms. The van der Waals surface area contributed by atoms with Gasteiger partial charge in [-0.15, -0.1) is 0 Å². The average molecular weight is 352 g/mol. The zero-order valence-corrected chi connectivity index (χ0v) is 15.5. The molecule has 0 heterocycles. The molecule has 0 aliphatic heterocycles. The van der Waals surface area contributed by atoms with Crippen LogP contribution in [0.3, 0.4) is 0 Å². The molecule has 138 valence electrons. The van der Waals surface area contributed by atoms with Crippen molar-refractivity contribution in [3.8, 4) is 0 Å². The molecule has 0 amide bonds. The molecule has 5 aliphatic carbocycles. The standard InChI is InChI=1S/C23H28O3/c1-15-22(12-20(25)23(15)19(24)9-6-10-21(22,23)2)18-11-17(18)14-26-13-16-7-4-3-5-8-16/h3-5,7-8,17-18,20,25H,1,6,9-14H2,2H3/t17-,18+,20-,21-,22?,23?/m0/s1. The van der Waals surface area contributed by atoms with Crippen LogP contribution in [0.25, 0.3) is 0 Å². The van der Waals surface area contributed by atoms with Crippen molar-refractivity contribution in [2.45, 2.75) is 51.7 Å². The SMILES string of the molecule is C=C1C2([C@@H]3C[C@H]3COCc3ccccc3)C[C@H](O)C13C(=O)CCC[C@@]23C. The molecule has 1 spiro atoms. The van der Waals surface area contributed by atoms with Gasteiger partial charge in [-0.1, -0.05) is 49.4 Å². The van der Waals surface area contributed by atoms with Gasteiger partial charge in [-0.25, -0.2) is 0 Å². The number of carbonyl (C=O) groups excluding carboxylic acids is 1. The minimum Gasteiger partial charge on any atom is -0.392 e. The lowest BCUT2D eigenvalue weighted by Crippen LogP contribution is -2.67. The van der Waals surface area contributed by atoms with Crippen molar-refractivity contribution in [2.75, 3.05) is 6.61 Å². The first kappa shape index (κ1) is 16.7. The number of rotatable bonds is 5. The molecule has 1 aromatic rings. The highest BCUT2D eigenvalue weighted by Gasteiger charge is 2.87. The molecule has 1 aromatic carbocycles. The van der Waals surface area contributed by atoms with E-state index < -0.39 is 11.5 Å². The van der Waals surface area contributed by atoms with Gasteiger partial charge in [-0.2, -0.15) is 0 Å². The smallest absolute Gasteiger partial charge is 0.146 e. The van der Waals surface area contributed by atoms with Gasteiger partial charge in [0.25, 0.3) is 0 Å². The molecule has 26 heavy (non-hydrogen) atoms. The second-order valence-electron chi connectivity index (χ2n) is 9.19. The van der Waals surface area contributed by atoms with Crippen LogP contribution in [0.15, 0.2) is 42.5 Å². The van der Waals surface area contributed by atoms with Crippen molar-refractivity contribution < 1.29 is 14.6 Å². The summed E-state index contributed by atoms with van der Waals surface area (Å²) in [6.45, 7) is 8.06. The van der Waals surface area contributed by atoms with Gasteiger partial charge in [-0.3, -0.25) is 4.79 Å². The van der Waals surface area contributed by atoms with Gasteiger partial charge in [-0.05, 0) is 48.5 Å². The molecule has 3 nitrogen and oxygen atoms in total. The first-order valence-corrected chi connectivity index (χ1v) is 10.0. The van der Waals surface area contributed by atoms with Gasteiger partial charge in [0.05, 0.1) is 24.7 Å². The number of ether oxygens (including phenoxy) is 1. The van der Waals surface area contributed by atoms with Crippen LogP contribution in [0.5, 0.6) is 0 Å². The third kappa shape index (κ3) is 1.70. The maximum Gasteiger partial charge on any atom is 0.146 e. The largest absolute Gasteiger partial charge is 0.392 e. The van der Waals surface area contributed by atoms with Crippen molar-refractivity contribution >= 4 is 5.78 Å². The molecular weight excluding hydrogens is 324 g/mol. The number of hydrogen-bond donors (Lipinski definition) is 1. The first-order chi connectivity index (χ1) is 12.5. The molecule has 2 unspecified atom stereocenters. The lowest BCUT2D eigenvalue weighted by Gasteiger charge is -2.67. The summed E-state index contributed by atoms with van der Waals surface area (Å²) in [6, 6.07) is 10.3. The number of Topliss-reactive ketones (excluding diaryl/α,β-unsaturated/α-hetero) is 1. The highest BCUT2D eigenvalue weighted by molar-refractivity contribution is 5.95. The quantitative estimate of drug-likeness (QED) is 0.818. The van der Waals surface area contributed by atoms with E-state index in [1.165, 1.54) is 5.56 Å². The van der Waals surface area contributed by atoms with E-state index in [1.807, 2.05) is 18.2 Å². The van der Waals surface area contributed by atoms with Gasteiger partial charge >= 0.3 is 0 Å². The second kappa shape index (κ2) is 5.30. The summed E-state index contributed by atoms with van der Waals surface area (Å²) in [5, 5.41) is 10.9. The van der Waals surface area contributed by atoms with E-state index >= 15 is 0 Å². The molecule has 5 fully saturated rings. The van der Waals surface area contributed by atoms with Gasteiger partial charge in [0.2, 0.25) is 0 Å². The number of fused-ring (bicyclic) bond motifs is 1. The Bertz CT molecular complexity index is 771. The summed E-state index contributed by atoms with van der Waals surface area (Å²) in [5.74, 6) is 1.30. The summed E-state index contributed by atoms with van der Waals surface area (Å²) < 4.78 is 5.99. The van der Waals surface area contributed by atoms with Gasteiger partial charge in [0.15, 0.2) is 0 Å². The van der Waals surface area contributed by atoms with Crippen molar-refractivity contribution in [1.29, 1.82) is 0 Å². The van der Waals surface area contributed by atoms with Crippen LogP contribution in [-0.4, -0.2) is 23.6 Å². The van der Waals surface area contributed by atoms with Gasteiger partial charge in [0, 0.05) is 11.8 Å². The van der Waals surface area contributed by atoms with E-state index in [1.54, 1.807) is 0 Å². The van der Waals surface area contributed by atoms with E-state index in [0.29, 0.717) is 24.9 Å². The summed E-state index contributed by atoms with van der Waals surface area (Å²) >= 11 is 0. The van der Waals surface area contributed by atoms with Crippen LogP contribution >= 0.6 is 0 Å². The van der Waals surface area contributed by atoms with Crippen molar-refractivity contribution in [1.82, 2.24) is 0 Å². The second-order valence-corrected chi connectivity index (χ2v) is 9.19. The number of benzene rings is 1. The van der Waals surface area contributed by atoms with Crippen LogP contribution in [0.1, 0.15) is 44.6 Å². The molecule has 3 heteroatoms. The number of hydrogen-bond acceptors (Lipinski definition) is 3. The minimum atomic E-state index is -0.636. The first-order valence-electron chi connectivity index (χ1n) is 10.0. The van der Waals surface area contributed by atoms with Gasteiger partial charge in [0.1, 0.15) is 5.78 Å². The van der Waals surface area contributed by atoms with Crippen LogP contribution in [0, 0.1) is 28.1 Å². The summed E-state index contributed by atoms with van der Waals surface area (Å²) in [7, 11) is 0. The van der Waals surface area contributed by atoms with Crippen LogP contribution in [-0.2, 0) is 16.1 Å². The van der Waals surface area contributed by atoms with Crippen molar-refractivity contribution in [2.24, 2.45) is 28.1 Å². The minimum absolute atomic E-state index is 0.0384. The van der Waals surface area contributed by atoms with E-state index in [4.69, 9.17) is 4.74 Å². The molecule has 1 N–H and O–H groups in total. The maximum absolute atomic E-state index is 12.8. The molecule has 5 saturated carbocycles. The number of carbonyl (C=O) groups is 1. The Labute approximate surface area is 155 Å². The van der Waals surface area contributed by atoms with E-state index in [-0.39, 0.29) is 16.6 Å². The topological polar surface area (TPSA) is 46.5 Å². The Morgan fingerprint density at radius 1 is 1.31 bits per heavy atom. The highest BCUT2D eigenvalue weighted by Crippen LogP contribution is 2.88. The van der Waals surface area contributed by atoms with Crippen LogP contribution < -0.4 is 0 Å². The fourth-order valence-corrected chi connectivity index (χ4v) is 7.29.